The smallest absolute Gasteiger partial charge is 0.332 e. The standard InChI is InChI=1S/C21H40N3O5PS/c1-20(2,17-16-15(13-31-17)23-19(26)24-16)14-21(3,4)18(25)22-11-9-7-8-10-12-29-30(27-5)28-6/h15-17H,7-14H2,1-6H3,(H,22,25)(H2,23,24,26). The summed E-state index contributed by atoms with van der Waals surface area (Å²) in [6.45, 7) is 9.79. The zero-order chi connectivity index (χ0) is 23.1. The fourth-order valence-electron chi connectivity index (χ4n) is 4.67. The third-order valence-corrected chi connectivity index (χ3v) is 8.79. The second-order valence-electron chi connectivity index (χ2n) is 9.65. The van der Waals surface area contributed by atoms with Crippen molar-refractivity contribution in [3.8, 4) is 0 Å². The van der Waals surface area contributed by atoms with E-state index in [-0.39, 0.29) is 29.4 Å². The third-order valence-electron chi connectivity index (χ3n) is 5.96. The fourth-order valence-corrected chi connectivity index (χ4v) is 7.01. The van der Waals surface area contributed by atoms with Crippen LogP contribution in [0.5, 0.6) is 0 Å². The largest absolute Gasteiger partial charge is 0.356 e. The van der Waals surface area contributed by atoms with Crippen molar-refractivity contribution < 1.29 is 23.2 Å². The summed E-state index contributed by atoms with van der Waals surface area (Å²) in [4.78, 5) is 24.6. The van der Waals surface area contributed by atoms with E-state index in [2.05, 4.69) is 29.8 Å². The molecule has 2 saturated heterocycles. The van der Waals surface area contributed by atoms with E-state index in [0.29, 0.717) is 18.4 Å². The number of rotatable bonds is 14. The van der Waals surface area contributed by atoms with Crippen molar-refractivity contribution >= 4 is 32.3 Å². The monoisotopic (exact) mass is 477 g/mol. The molecule has 3 N–H and O–H groups in total. The predicted octanol–water partition coefficient (Wildman–Crippen LogP) is 3.81. The van der Waals surface area contributed by atoms with Crippen molar-refractivity contribution in [3.05, 3.63) is 0 Å². The lowest BCUT2D eigenvalue weighted by atomic mass is 9.71. The maximum absolute atomic E-state index is 12.9. The zero-order valence-electron chi connectivity index (χ0n) is 19.8. The average Bonchev–Trinajstić information content (AvgIpc) is 3.24. The van der Waals surface area contributed by atoms with Crippen LogP contribution in [0.25, 0.3) is 0 Å². The Morgan fingerprint density at radius 2 is 1.81 bits per heavy atom. The molecule has 3 amide bonds. The molecule has 0 radical (unpaired) electrons. The van der Waals surface area contributed by atoms with E-state index < -0.39 is 14.0 Å². The van der Waals surface area contributed by atoms with Crippen LogP contribution in [0, 0.1) is 10.8 Å². The molecule has 180 valence electrons. The van der Waals surface area contributed by atoms with E-state index in [1.54, 1.807) is 14.2 Å². The SMILES string of the molecule is COP(OC)OCCCCCCNC(=O)C(C)(C)CC(C)(C)C1SCC2NC(=O)NC21. The second-order valence-corrected chi connectivity index (χ2v) is 12.3. The molecule has 3 unspecified atom stereocenters. The van der Waals surface area contributed by atoms with Gasteiger partial charge < -0.3 is 29.5 Å². The van der Waals surface area contributed by atoms with Crippen LogP contribution in [0.1, 0.15) is 59.8 Å². The van der Waals surface area contributed by atoms with Gasteiger partial charge in [0.05, 0.1) is 18.7 Å². The lowest BCUT2D eigenvalue weighted by molar-refractivity contribution is -0.131. The molecule has 2 fully saturated rings. The number of hydrogen-bond acceptors (Lipinski definition) is 6. The van der Waals surface area contributed by atoms with Crippen LogP contribution in [0.3, 0.4) is 0 Å². The molecule has 10 heteroatoms. The molecule has 0 saturated carbocycles. The number of thioether (sulfide) groups is 1. The number of unbranched alkanes of at least 4 members (excludes halogenated alkanes) is 3. The van der Waals surface area contributed by atoms with Gasteiger partial charge in [-0.2, -0.15) is 11.8 Å². The highest BCUT2D eigenvalue weighted by atomic mass is 32.2. The number of urea groups is 1. The van der Waals surface area contributed by atoms with Crippen molar-refractivity contribution in [3.63, 3.8) is 0 Å². The highest BCUT2D eigenvalue weighted by molar-refractivity contribution is 8.00. The minimum Gasteiger partial charge on any atom is -0.356 e. The molecule has 0 spiro atoms. The van der Waals surface area contributed by atoms with Crippen LogP contribution in [0.4, 0.5) is 4.79 Å². The van der Waals surface area contributed by atoms with E-state index >= 15 is 0 Å². The lowest BCUT2D eigenvalue weighted by Crippen LogP contribution is -2.48. The maximum Gasteiger partial charge on any atom is 0.332 e. The number of carbonyl (C=O) groups excluding carboxylic acids is 2. The molecule has 0 aromatic carbocycles. The number of hydrogen-bond donors (Lipinski definition) is 3. The van der Waals surface area contributed by atoms with Crippen LogP contribution in [-0.4, -0.2) is 62.4 Å². The van der Waals surface area contributed by atoms with Gasteiger partial charge in [-0.15, -0.1) is 0 Å². The predicted molar refractivity (Wildman–Crippen MR) is 126 cm³/mol. The number of carbonyl (C=O) groups is 2. The molecule has 2 aliphatic heterocycles. The van der Waals surface area contributed by atoms with Crippen molar-refractivity contribution in [2.75, 3.05) is 33.1 Å². The Labute approximate surface area is 192 Å². The first kappa shape index (κ1) is 26.7. The molecule has 0 aliphatic carbocycles. The highest BCUT2D eigenvalue weighted by Crippen LogP contribution is 2.47. The zero-order valence-corrected chi connectivity index (χ0v) is 21.5. The summed E-state index contributed by atoms with van der Waals surface area (Å²) in [5.41, 5.74) is -0.544. The molecule has 2 heterocycles. The van der Waals surface area contributed by atoms with Gasteiger partial charge in [-0.1, -0.05) is 40.5 Å². The topological polar surface area (TPSA) is 97.9 Å². The van der Waals surface area contributed by atoms with Gasteiger partial charge in [-0.05, 0) is 24.7 Å². The summed E-state index contributed by atoms with van der Waals surface area (Å²) in [5, 5.41) is 9.48. The third kappa shape index (κ3) is 7.74. The summed E-state index contributed by atoms with van der Waals surface area (Å²) < 4.78 is 15.6. The van der Waals surface area contributed by atoms with Crippen LogP contribution in [0.2, 0.25) is 0 Å². The molecule has 0 aromatic heterocycles. The highest BCUT2D eigenvalue weighted by Gasteiger charge is 2.51. The van der Waals surface area contributed by atoms with Gasteiger partial charge in [-0.3, -0.25) is 4.79 Å². The van der Waals surface area contributed by atoms with Crippen LogP contribution >= 0.6 is 20.4 Å². The van der Waals surface area contributed by atoms with Crippen LogP contribution in [0.15, 0.2) is 0 Å². The van der Waals surface area contributed by atoms with E-state index in [1.165, 1.54) is 0 Å². The maximum atomic E-state index is 12.9. The molecule has 8 nitrogen and oxygen atoms in total. The van der Waals surface area contributed by atoms with Gasteiger partial charge in [0.1, 0.15) is 0 Å². The molecule has 2 aliphatic rings. The van der Waals surface area contributed by atoms with Gasteiger partial charge in [0, 0.05) is 37.2 Å². The van der Waals surface area contributed by atoms with Gasteiger partial charge in [0.15, 0.2) is 0 Å². The first-order valence-electron chi connectivity index (χ1n) is 11.1. The molecule has 0 bridgehead atoms. The molecule has 31 heavy (non-hydrogen) atoms. The first-order valence-corrected chi connectivity index (χ1v) is 13.2. The van der Waals surface area contributed by atoms with E-state index in [1.807, 2.05) is 25.6 Å². The Hall–Kier alpha value is -0.600. The minimum absolute atomic E-state index is 0.0714. The summed E-state index contributed by atoms with van der Waals surface area (Å²) in [6, 6.07) is 0.262. The fraction of sp³-hybridized carbons (Fsp3) is 0.905. The van der Waals surface area contributed by atoms with Gasteiger partial charge >= 0.3 is 14.6 Å². The Kier molecular flexibility index (Phi) is 10.3. The molecule has 0 aromatic rings. The summed E-state index contributed by atoms with van der Waals surface area (Å²) in [7, 11) is 1.94. The second kappa shape index (κ2) is 12.0. The lowest BCUT2D eigenvalue weighted by Gasteiger charge is -2.39. The average molecular weight is 478 g/mol. The Morgan fingerprint density at radius 3 is 2.48 bits per heavy atom. The van der Waals surface area contributed by atoms with Gasteiger partial charge in [0.25, 0.3) is 0 Å². The summed E-state index contributed by atoms with van der Waals surface area (Å²) in [5.74, 6) is 1.02. The number of amides is 3. The van der Waals surface area contributed by atoms with E-state index in [9.17, 15) is 9.59 Å². The van der Waals surface area contributed by atoms with E-state index in [0.717, 1.165) is 37.9 Å². The van der Waals surface area contributed by atoms with Crippen molar-refractivity contribution in [2.24, 2.45) is 10.8 Å². The molecule has 3 atom stereocenters. The van der Waals surface area contributed by atoms with Crippen LogP contribution < -0.4 is 16.0 Å². The van der Waals surface area contributed by atoms with Crippen molar-refractivity contribution in [2.45, 2.75) is 77.1 Å². The van der Waals surface area contributed by atoms with Crippen molar-refractivity contribution in [1.82, 2.24) is 16.0 Å². The molecule has 2 rings (SSSR count). The molecular formula is C21H40N3O5PS. The van der Waals surface area contributed by atoms with Crippen LogP contribution in [-0.2, 0) is 18.4 Å². The minimum atomic E-state index is -1.21. The van der Waals surface area contributed by atoms with Gasteiger partial charge in [-0.25, -0.2) is 4.79 Å². The first-order chi connectivity index (χ1) is 14.6. The van der Waals surface area contributed by atoms with Crippen molar-refractivity contribution in [1.29, 1.82) is 0 Å². The Balaban J connectivity index is 1.67. The molecular weight excluding hydrogens is 437 g/mol. The van der Waals surface area contributed by atoms with Gasteiger partial charge in [0.2, 0.25) is 5.91 Å². The van der Waals surface area contributed by atoms with E-state index in [4.69, 9.17) is 13.6 Å². The Morgan fingerprint density at radius 1 is 1.13 bits per heavy atom. The quantitative estimate of drug-likeness (QED) is 0.200. The summed E-state index contributed by atoms with van der Waals surface area (Å²) in [6.07, 6.45) is 4.76. The normalized spacial score (nSPS) is 23.6. The number of nitrogens with one attached hydrogen (secondary N) is 3. The summed E-state index contributed by atoms with van der Waals surface area (Å²) >= 11 is 1.90. The Bertz CT molecular complexity index is 604. The number of fused-ring (bicyclic) bond motifs is 1.